The molecule has 4 heteroatoms. The number of carbonyl (C=O) groups is 1. The molecule has 1 aliphatic rings. The van der Waals surface area contributed by atoms with Crippen LogP contribution >= 0.6 is 11.6 Å². The molecule has 1 aromatic heterocycles. The van der Waals surface area contributed by atoms with E-state index < -0.39 is 0 Å². The van der Waals surface area contributed by atoms with Gasteiger partial charge in [0.2, 0.25) is 0 Å². The maximum atomic E-state index is 12.1. The van der Waals surface area contributed by atoms with Crippen LogP contribution in [0.2, 0.25) is 5.22 Å². The van der Waals surface area contributed by atoms with Crippen LogP contribution in [0.1, 0.15) is 35.0 Å². The number of carbonyl (C=O) groups excluding carboxylic acids is 1. The van der Waals surface area contributed by atoms with Gasteiger partial charge in [0.1, 0.15) is 0 Å². The van der Waals surface area contributed by atoms with Gasteiger partial charge in [0.05, 0.1) is 6.04 Å². The van der Waals surface area contributed by atoms with Gasteiger partial charge in [0.15, 0.2) is 11.0 Å². The first-order valence-electron chi connectivity index (χ1n) is 6.35. The predicted octanol–water partition coefficient (Wildman–Crippen LogP) is 3.81. The molecule has 1 atom stereocenters. The molecule has 0 radical (unpaired) electrons. The summed E-state index contributed by atoms with van der Waals surface area (Å²) in [6, 6.07) is 13.2. The number of benzene rings is 1. The van der Waals surface area contributed by atoms with Crippen LogP contribution in [0.4, 0.5) is 0 Å². The van der Waals surface area contributed by atoms with Crippen molar-refractivity contribution in [2.24, 2.45) is 5.92 Å². The highest BCUT2D eigenvalue weighted by Gasteiger charge is 2.33. The standard InChI is InChI=1S/C15H14ClNO2/c16-13-9-8-12(19-13)15(18)17-14(11-6-7-11)10-4-2-1-3-5-10/h1-5,8-9,11,14H,6-7H2,(H,17,18). The van der Waals surface area contributed by atoms with Gasteiger partial charge in [-0.05, 0) is 48.1 Å². The van der Waals surface area contributed by atoms with E-state index in [0.29, 0.717) is 5.92 Å². The molecule has 0 aliphatic heterocycles. The summed E-state index contributed by atoms with van der Waals surface area (Å²) in [7, 11) is 0. The first-order valence-corrected chi connectivity index (χ1v) is 6.73. The second kappa shape index (κ2) is 5.10. The Morgan fingerprint density at radius 3 is 2.53 bits per heavy atom. The fourth-order valence-corrected chi connectivity index (χ4v) is 2.36. The molecule has 0 bridgehead atoms. The summed E-state index contributed by atoms with van der Waals surface area (Å²) in [5.74, 6) is 0.566. The van der Waals surface area contributed by atoms with Crippen LogP contribution in [-0.4, -0.2) is 5.91 Å². The number of hydrogen-bond donors (Lipinski definition) is 1. The summed E-state index contributed by atoms with van der Waals surface area (Å²) in [6.45, 7) is 0. The summed E-state index contributed by atoms with van der Waals surface area (Å²) in [4.78, 5) is 12.1. The van der Waals surface area contributed by atoms with Gasteiger partial charge in [-0.3, -0.25) is 4.79 Å². The lowest BCUT2D eigenvalue weighted by Gasteiger charge is -2.18. The van der Waals surface area contributed by atoms with Crippen LogP contribution in [0.3, 0.4) is 0 Å². The van der Waals surface area contributed by atoms with Crippen molar-refractivity contribution in [2.45, 2.75) is 18.9 Å². The number of amides is 1. The third-order valence-corrected chi connectivity index (χ3v) is 3.54. The summed E-state index contributed by atoms with van der Waals surface area (Å²) in [5.41, 5.74) is 1.14. The molecule has 3 nitrogen and oxygen atoms in total. The zero-order valence-corrected chi connectivity index (χ0v) is 11.1. The lowest BCUT2D eigenvalue weighted by molar-refractivity contribution is 0.0903. The van der Waals surface area contributed by atoms with Crippen LogP contribution in [0.5, 0.6) is 0 Å². The van der Waals surface area contributed by atoms with Crippen molar-refractivity contribution in [1.29, 1.82) is 0 Å². The average molecular weight is 276 g/mol. The lowest BCUT2D eigenvalue weighted by atomic mass is 10.0. The molecule has 19 heavy (non-hydrogen) atoms. The van der Waals surface area contributed by atoms with Crippen LogP contribution < -0.4 is 5.32 Å². The Bertz CT molecular complexity index is 575. The van der Waals surface area contributed by atoms with Gasteiger partial charge in [-0.2, -0.15) is 0 Å². The smallest absolute Gasteiger partial charge is 0.287 e. The third-order valence-electron chi connectivity index (χ3n) is 3.34. The summed E-state index contributed by atoms with van der Waals surface area (Å²) in [6.07, 6.45) is 2.30. The van der Waals surface area contributed by atoms with E-state index >= 15 is 0 Å². The average Bonchev–Trinajstić information content (AvgIpc) is 3.18. The van der Waals surface area contributed by atoms with Crippen molar-refractivity contribution in [3.05, 3.63) is 59.0 Å². The van der Waals surface area contributed by atoms with Crippen molar-refractivity contribution >= 4 is 17.5 Å². The fourth-order valence-electron chi connectivity index (χ4n) is 2.21. The van der Waals surface area contributed by atoms with Crippen LogP contribution in [0.25, 0.3) is 0 Å². The molecule has 1 aromatic carbocycles. The highest BCUT2D eigenvalue weighted by Crippen LogP contribution is 2.41. The van der Waals surface area contributed by atoms with E-state index in [1.807, 2.05) is 30.3 Å². The Labute approximate surface area is 116 Å². The maximum Gasteiger partial charge on any atom is 0.287 e. The van der Waals surface area contributed by atoms with Crippen molar-refractivity contribution in [2.75, 3.05) is 0 Å². The Morgan fingerprint density at radius 1 is 1.21 bits per heavy atom. The van der Waals surface area contributed by atoms with E-state index in [9.17, 15) is 4.79 Å². The monoisotopic (exact) mass is 275 g/mol. The zero-order valence-electron chi connectivity index (χ0n) is 10.3. The summed E-state index contributed by atoms with van der Waals surface area (Å²) in [5, 5.41) is 3.26. The van der Waals surface area contributed by atoms with Gasteiger partial charge in [-0.15, -0.1) is 0 Å². The van der Waals surface area contributed by atoms with E-state index in [1.54, 1.807) is 12.1 Å². The molecule has 3 rings (SSSR count). The molecule has 2 aromatic rings. The van der Waals surface area contributed by atoms with Crippen molar-refractivity contribution in [1.82, 2.24) is 5.32 Å². The van der Waals surface area contributed by atoms with Gasteiger partial charge < -0.3 is 9.73 Å². The van der Waals surface area contributed by atoms with Gasteiger partial charge >= 0.3 is 0 Å². The molecule has 1 N–H and O–H groups in total. The van der Waals surface area contributed by atoms with Crippen molar-refractivity contribution in [3.8, 4) is 0 Å². The molecule has 1 fully saturated rings. The number of hydrogen-bond acceptors (Lipinski definition) is 2. The molecule has 1 amide bonds. The van der Waals surface area contributed by atoms with Crippen LogP contribution in [0, 0.1) is 5.92 Å². The van der Waals surface area contributed by atoms with E-state index in [1.165, 1.54) is 0 Å². The zero-order chi connectivity index (χ0) is 13.2. The second-order valence-corrected chi connectivity index (χ2v) is 5.18. The molecular weight excluding hydrogens is 262 g/mol. The molecule has 1 aliphatic carbocycles. The number of furan rings is 1. The minimum atomic E-state index is -0.215. The van der Waals surface area contributed by atoms with Crippen LogP contribution in [0.15, 0.2) is 46.9 Å². The van der Waals surface area contributed by atoms with Gasteiger partial charge in [-0.25, -0.2) is 0 Å². The summed E-state index contributed by atoms with van der Waals surface area (Å²) >= 11 is 5.69. The lowest BCUT2D eigenvalue weighted by Crippen LogP contribution is -2.29. The molecule has 0 spiro atoms. The Kier molecular flexibility index (Phi) is 3.30. The largest absolute Gasteiger partial charge is 0.440 e. The topological polar surface area (TPSA) is 42.2 Å². The molecule has 1 unspecified atom stereocenters. The quantitative estimate of drug-likeness (QED) is 0.922. The first-order chi connectivity index (χ1) is 9.24. The van der Waals surface area contributed by atoms with Crippen LogP contribution in [-0.2, 0) is 0 Å². The highest BCUT2D eigenvalue weighted by molar-refractivity contribution is 6.29. The predicted molar refractivity (Wildman–Crippen MR) is 73.1 cm³/mol. The summed E-state index contributed by atoms with van der Waals surface area (Å²) < 4.78 is 5.14. The van der Waals surface area contributed by atoms with Crippen molar-refractivity contribution < 1.29 is 9.21 Å². The molecule has 1 saturated carbocycles. The van der Waals surface area contributed by atoms with Gasteiger partial charge in [0.25, 0.3) is 5.91 Å². The van der Waals surface area contributed by atoms with Crippen molar-refractivity contribution in [3.63, 3.8) is 0 Å². The molecule has 0 saturated heterocycles. The minimum absolute atomic E-state index is 0.0533. The Hall–Kier alpha value is -1.74. The third kappa shape index (κ3) is 2.82. The molecule has 1 heterocycles. The Morgan fingerprint density at radius 2 is 1.95 bits per heavy atom. The highest BCUT2D eigenvalue weighted by atomic mass is 35.5. The van der Waals surface area contributed by atoms with E-state index in [2.05, 4.69) is 5.32 Å². The number of halogens is 1. The molecular formula is C15H14ClNO2. The van der Waals surface area contributed by atoms with Gasteiger partial charge in [-0.1, -0.05) is 30.3 Å². The fraction of sp³-hybridized carbons (Fsp3) is 0.267. The van der Waals surface area contributed by atoms with Gasteiger partial charge in [0, 0.05) is 0 Å². The first kappa shape index (κ1) is 12.3. The Balaban J connectivity index is 1.77. The maximum absolute atomic E-state index is 12.1. The SMILES string of the molecule is O=C(NC(c1ccccc1)C1CC1)c1ccc(Cl)o1. The van der Waals surface area contributed by atoms with E-state index in [4.69, 9.17) is 16.0 Å². The number of nitrogens with one attached hydrogen (secondary N) is 1. The molecule has 98 valence electrons. The van der Waals surface area contributed by atoms with E-state index in [-0.39, 0.29) is 22.9 Å². The minimum Gasteiger partial charge on any atom is -0.440 e. The van der Waals surface area contributed by atoms with E-state index in [0.717, 1.165) is 18.4 Å². The normalized spacial score (nSPS) is 16.1. The second-order valence-electron chi connectivity index (χ2n) is 4.80. The number of rotatable bonds is 4.